The van der Waals surface area contributed by atoms with Gasteiger partial charge in [0.15, 0.2) is 5.65 Å². The van der Waals surface area contributed by atoms with Crippen molar-refractivity contribution in [2.45, 2.75) is 76.2 Å². The van der Waals surface area contributed by atoms with Crippen LogP contribution in [0.2, 0.25) is 0 Å². The first kappa shape index (κ1) is 27.0. The standard InChI is InChI=1S/C25H28F5N7O2/c1-2-36-18(5-8-31-36)23(39)35-21(15-3-6-24(26,27)7-4-15)17-13-37-20(33-17)10-14(12-32-37)9-16-11-19(25(28,29)30)34-22(16)38/h5,8,10,12-13,15-16,19,21H,2-4,6-7,9,11H2,1H3,(H,34,38)(H,35,39)/t16?,19-,21-/m0/s1. The highest BCUT2D eigenvalue weighted by atomic mass is 19.4. The molecule has 9 nitrogen and oxygen atoms in total. The SMILES string of the molecule is CCn1nccc1C(=O)N[C@H](c1cn2ncc(CC3C[C@@H](C(F)(F)F)NC3=O)cc2n1)C1CCC(F)(F)CC1. The van der Waals surface area contributed by atoms with Gasteiger partial charge in [0.25, 0.3) is 5.91 Å². The van der Waals surface area contributed by atoms with Gasteiger partial charge in [-0.3, -0.25) is 14.3 Å². The van der Waals surface area contributed by atoms with Crippen LogP contribution in [0.1, 0.15) is 66.8 Å². The van der Waals surface area contributed by atoms with Crippen LogP contribution >= 0.6 is 0 Å². The number of fused-ring (bicyclic) bond motifs is 1. The average Bonchev–Trinajstić information content (AvgIpc) is 3.60. The summed E-state index contributed by atoms with van der Waals surface area (Å²) in [5, 5.41) is 13.4. The number of halogens is 5. The molecule has 1 saturated carbocycles. The number of aryl methyl sites for hydroxylation is 1. The van der Waals surface area contributed by atoms with Gasteiger partial charge in [-0.25, -0.2) is 18.3 Å². The van der Waals surface area contributed by atoms with Crippen molar-refractivity contribution in [1.29, 1.82) is 0 Å². The lowest BCUT2D eigenvalue weighted by Gasteiger charge is -2.33. The molecule has 3 aromatic rings. The Morgan fingerprint density at radius 3 is 2.67 bits per heavy atom. The highest BCUT2D eigenvalue weighted by molar-refractivity contribution is 5.92. The average molecular weight is 554 g/mol. The number of nitrogens with one attached hydrogen (secondary N) is 2. The number of imidazole rings is 1. The zero-order chi connectivity index (χ0) is 27.9. The van der Waals surface area contributed by atoms with Crippen LogP contribution in [0.3, 0.4) is 0 Å². The number of carbonyl (C=O) groups excluding carboxylic acids is 2. The van der Waals surface area contributed by atoms with Crippen LogP contribution in [0.25, 0.3) is 5.65 Å². The molecule has 2 aliphatic rings. The summed E-state index contributed by atoms with van der Waals surface area (Å²) >= 11 is 0. The van der Waals surface area contributed by atoms with Gasteiger partial charge in [0.05, 0.1) is 24.1 Å². The summed E-state index contributed by atoms with van der Waals surface area (Å²) in [6.07, 6.45) is -0.454. The second-order valence-electron chi connectivity index (χ2n) is 10.2. The smallest absolute Gasteiger partial charge is 0.344 e. The van der Waals surface area contributed by atoms with E-state index in [9.17, 15) is 31.5 Å². The lowest BCUT2D eigenvalue weighted by Crippen LogP contribution is -2.38. The molecule has 0 radical (unpaired) electrons. The quantitative estimate of drug-likeness (QED) is 0.433. The van der Waals surface area contributed by atoms with E-state index in [1.807, 2.05) is 12.2 Å². The summed E-state index contributed by atoms with van der Waals surface area (Å²) in [6.45, 7) is 2.31. The van der Waals surface area contributed by atoms with Crippen molar-refractivity contribution >= 4 is 17.5 Å². The number of rotatable bonds is 7. The molecule has 1 aliphatic heterocycles. The van der Waals surface area contributed by atoms with Gasteiger partial charge in [0.2, 0.25) is 11.8 Å². The van der Waals surface area contributed by atoms with Crippen molar-refractivity contribution in [3.8, 4) is 0 Å². The van der Waals surface area contributed by atoms with E-state index in [-0.39, 0.29) is 44.4 Å². The molecule has 3 aromatic heterocycles. The Balaban J connectivity index is 1.39. The highest BCUT2D eigenvalue weighted by Crippen LogP contribution is 2.41. The fraction of sp³-hybridized carbons (Fsp3) is 0.560. The lowest BCUT2D eigenvalue weighted by molar-refractivity contribution is -0.154. The minimum atomic E-state index is -4.51. The number of hydrogen-bond acceptors (Lipinski definition) is 5. The fourth-order valence-electron chi connectivity index (χ4n) is 5.43. The second kappa shape index (κ2) is 10.2. The maximum Gasteiger partial charge on any atom is 0.408 e. The van der Waals surface area contributed by atoms with Gasteiger partial charge in [-0.2, -0.15) is 23.4 Å². The predicted octanol–water partition coefficient (Wildman–Crippen LogP) is 3.85. The van der Waals surface area contributed by atoms with Crippen molar-refractivity contribution in [3.63, 3.8) is 0 Å². The van der Waals surface area contributed by atoms with Gasteiger partial charge in [-0.15, -0.1) is 0 Å². The van der Waals surface area contributed by atoms with Crippen LogP contribution in [0.5, 0.6) is 0 Å². The van der Waals surface area contributed by atoms with Gasteiger partial charge < -0.3 is 10.6 Å². The molecule has 0 aromatic carbocycles. The topological polar surface area (TPSA) is 106 Å². The molecule has 0 spiro atoms. The third-order valence-electron chi connectivity index (χ3n) is 7.57. The van der Waals surface area contributed by atoms with Crippen LogP contribution < -0.4 is 10.6 Å². The zero-order valence-electron chi connectivity index (χ0n) is 21.1. The molecular formula is C25H28F5N7O2. The summed E-state index contributed by atoms with van der Waals surface area (Å²) < 4.78 is 69.9. The molecule has 2 fully saturated rings. The first-order valence-corrected chi connectivity index (χ1v) is 12.9. The predicted molar refractivity (Wildman–Crippen MR) is 128 cm³/mol. The maximum atomic E-state index is 13.9. The molecular weight excluding hydrogens is 525 g/mol. The Hall–Kier alpha value is -3.58. The second-order valence-corrected chi connectivity index (χ2v) is 10.2. The van der Waals surface area contributed by atoms with Crippen LogP contribution in [-0.2, 0) is 17.8 Å². The minimum absolute atomic E-state index is 0.0585. The molecule has 3 atom stereocenters. The summed E-state index contributed by atoms with van der Waals surface area (Å²) in [6, 6.07) is 0.656. The Morgan fingerprint density at radius 1 is 1.26 bits per heavy atom. The molecule has 0 bridgehead atoms. The van der Waals surface area contributed by atoms with E-state index in [1.54, 1.807) is 18.3 Å². The summed E-state index contributed by atoms with van der Waals surface area (Å²) in [4.78, 5) is 29.9. The molecule has 14 heteroatoms. The first-order valence-electron chi connectivity index (χ1n) is 12.9. The molecule has 2 N–H and O–H groups in total. The Labute approximate surface area is 220 Å². The van der Waals surface area contributed by atoms with Gasteiger partial charge >= 0.3 is 6.18 Å². The van der Waals surface area contributed by atoms with E-state index in [0.29, 0.717) is 29.1 Å². The largest absolute Gasteiger partial charge is 0.408 e. The first-order chi connectivity index (χ1) is 18.4. The molecule has 39 heavy (non-hydrogen) atoms. The number of aromatic nitrogens is 5. The van der Waals surface area contributed by atoms with Crippen LogP contribution in [-0.4, -0.2) is 54.3 Å². The number of nitrogens with zero attached hydrogens (tertiary/aromatic N) is 5. The van der Waals surface area contributed by atoms with Gasteiger partial charge in [0.1, 0.15) is 11.7 Å². The molecule has 1 aliphatic carbocycles. The number of hydrogen-bond donors (Lipinski definition) is 2. The van der Waals surface area contributed by atoms with Crippen LogP contribution in [0.15, 0.2) is 30.7 Å². The number of alkyl halides is 5. The highest BCUT2D eigenvalue weighted by Gasteiger charge is 2.47. The summed E-state index contributed by atoms with van der Waals surface area (Å²) in [5.41, 5.74) is 1.67. The normalized spacial score (nSPS) is 22.7. The molecule has 5 rings (SSSR count). The Kier molecular flexibility index (Phi) is 7.06. The monoisotopic (exact) mass is 553 g/mol. The van der Waals surface area contributed by atoms with Gasteiger partial charge in [-0.1, -0.05) is 0 Å². The van der Waals surface area contributed by atoms with Crippen LogP contribution in [0, 0.1) is 11.8 Å². The molecule has 4 heterocycles. The van der Waals surface area contributed by atoms with Gasteiger partial charge in [0, 0.05) is 31.5 Å². The minimum Gasteiger partial charge on any atom is -0.344 e. The van der Waals surface area contributed by atoms with E-state index in [0.717, 1.165) is 0 Å². The van der Waals surface area contributed by atoms with Crippen molar-refractivity contribution in [2.75, 3.05) is 0 Å². The Bertz CT molecular complexity index is 1360. The van der Waals surface area contributed by atoms with E-state index < -0.39 is 41.9 Å². The van der Waals surface area contributed by atoms with E-state index in [4.69, 9.17) is 0 Å². The molecule has 210 valence electrons. The van der Waals surface area contributed by atoms with Crippen LogP contribution in [0.4, 0.5) is 22.0 Å². The summed E-state index contributed by atoms with van der Waals surface area (Å²) in [7, 11) is 0. The van der Waals surface area contributed by atoms with Crippen molar-refractivity contribution in [1.82, 2.24) is 35.0 Å². The fourth-order valence-corrected chi connectivity index (χ4v) is 5.43. The summed E-state index contributed by atoms with van der Waals surface area (Å²) in [5.74, 6) is -4.97. The van der Waals surface area contributed by atoms with E-state index in [1.165, 1.54) is 21.6 Å². The molecule has 2 amide bonds. The third kappa shape index (κ3) is 5.74. The lowest BCUT2D eigenvalue weighted by atomic mass is 9.81. The number of carbonyl (C=O) groups is 2. The van der Waals surface area contributed by atoms with Crippen molar-refractivity contribution in [3.05, 3.63) is 47.7 Å². The zero-order valence-corrected chi connectivity index (χ0v) is 21.1. The van der Waals surface area contributed by atoms with Gasteiger partial charge in [-0.05, 0) is 56.2 Å². The molecule has 1 unspecified atom stereocenters. The van der Waals surface area contributed by atoms with E-state index in [2.05, 4.69) is 20.5 Å². The Morgan fingerprint density at radius 2 is 2.00 bits per heavy atom. The van der Waals surface area contributed by atoms with Crippen molar-refractivity contribution in [2.24, 2.45) is 11.8 Å². The van der Waals surface area contributed by atoms with Crippen molar-refractivity contribution < 1.29 is 31.5 Å². The maximum absolute atomic E-state index is 13.9. The van der Waals surface area contributed by atoms with E-state index >= 15 is 0 Å². The third-order valence-corrected chi connectivity index (χ3v) is 7.57. The molecule has 1 saturated heterocycles. The number of amides is 2.